The molecule has 0 saturated carbocycles. The highest BCUT2D eigenvalue weighted by molar-refractivity contribution is 7.87. The van der Waals surface area contributed by atoms with Crippen molar-refractivity contribution in [3.63, 3.8) is 0 Å². The molecule has 0 aliphatic rings. The van der Waals surface area contributed by atoms with Gasteiger partial charge >= 0.3 is 21.6 Å². The Kier molecular flexibility index (Phi) is 6.47. The van der Waals surface area contributed by atoms with Crippen LogP contribution in [0.3, 0.4) is 0 Å². The fourth-order valence-electron chi connectivity index (χ4n) is 1.17. The minimum Gasteiger partial charge on any atom is -0.458 e. The van der Waals surface area contributed by atoms with E-state index < -0.39 is 33.3 Å². The van der Waals surface area contributed by atoms with E-state index in [1.54, 1.807) is 6.92 Å². The second-order valence-electron chi connectivity index (χ2n) is 5.16. The zero-order valence-corrected chi connectivity index (χ0v) is 12.6. The van der Waals surface area contributed by atoms with Gasteiger partial charge in [-0.3, -0.25) is 0 Å². The lowest BCUT2D eigenvalue weighted by Crippen LogP contribution is -2.38. The summed E-state index contributed by atoms with van der Waals surface area (Å²) in [5.41, 5.74) is -6.52. The van der Waals surface area contributed by atoms with Crippen molar-refractivity contribution in [2.24, 2.45) is 0 Å². The Morgan fingerprint density at radius 3 is 2.05 bits per heavy atom. The van der Waals surface area contributed by atoms with E-state index in [4.69, 9.17) is 4.74 Å². The molecule has 0 spiro atoms. The molecule has 0 aliphatic heterocycles. The maximum absolute atomic E-state index is 12.3. The second kappa shape index (κ2) is 6.75. The fraction of sp³-hybridized carbons (Fsp3) is 0.909. The number of hydrogen-bond acceptors (Lipinski definition) is 5. The number of halogens is 3. The third-order valence-electron chi connectivity index (χ3n) is 2.02. The van der Waals surface area contributed by atoms with Crippen molar-refractivity contribution in [3.8, 4) is 0 Å². The zero-order chi connectivity index (χ0) is 16.2. The van der Waals surface area contributed by atoms with Crippen molar-refractivity contribution in [3.05, 3.63) is 0 Å². The van der Waals surface area contributed by atoms with Gasteiger partial charge in [-0.15, -0.1) is 0 Å². The SMILES string of the molecule is CCCC[C@H](OS(=O)(=O)C(F)(F)F)C(=O)OC(C)(C)C. The number of alkyl halides is 3. The topological polar surface area (TPSA) is 69.7 Å². The average molecular weight is 320 g/mol. The van der Waals surface area contributed by atoms with Gasteiger partial charge in [0.15, 0.2) is 6.10 Å². The second-order valence-corrected chi connectivity index (χ2v) is 6.72. The van der Waals surface area contributed by atoms with Gasteiger partial charge in [-0.25, -0.2) is 8.98 Å². The largest absolute Gasteiger partial charge is 0.523 e. The predicted molar refractivity (Wildman–Crippen MR) is 65.2 cm³/mol. The van der Waals surface area contributed by atoms with Gasteiger partial charge in [0.25, 0.3) is 0 Å². The predicted octanol–water partition coefficient (Wildman–Crippen LogP) is 2.75. The monoisotopic (exact) mass is 320 g/mol. The normalized spacial score (nSPS) is 14.9. The summed E-state index contributed by atoms with van der Waals surface area (Å²) in [7, 11) is -5.83. The third-order valence-corrected chi connectivity index (χ3v) is 3.07. The zero-order valence-electron chi connectivity index (χ0n) is 11.8. The molecule has 0 radical (unpaired) electrons. The van der Waals surface area contributed by atoms with Crippen molar-refractivity contribution in [2.75, 3.05) is 0 Å². The van der Waals surface area contributed by atoms with Crippen LogP contribution in [0.5, 0.6) is 0 Å². The summed E-state index contributed by atoms with van der Waals surface area (Å²) in [5, 5.41) is 0. The summed E-state index contributed by atoms with van der Waals surface area (Å²) in [5.74, 6) is -1.13. The third kappa shape index (κ3) is 6.56. The van der Waals surface area contributed by atoms with Gasteiger partial charge in [-0.05, 0) is 27.2 Å². The molecule has 0 aliphatic carbocycles. The summed E-state index contributed by atoms with van der Waals surface area (Å²) < 4.78 is 67.5. The summed E-state index contributed by atoms with van der Waals surface area (Å²) >= 11 is 0. The summed E-state index contributed by atoms with van der Waals surface area (Å²) in [6.07, 6.45) is -1.06. The van der Waals surface area contributed by atoms with E-state index >= 15 is 0 Å². The van der Waals surface area contributed by atoms with Gasteiger partial charge in [0.2, 0.25) is 0 Å². The van der Waals surface area contributed by atoms with Crippen LogP contribution in [0.25, 0.3) is 0 Å². The molecule has 0 rings (SSSR count). The first-order valence-corrected chi connectivity index (χ1v) is 7.43. The van der Waals surface area contributed by atoms with Crippen LogP contribution >= 0.6 is 0 Å². The highest BCUT2D eigenvalue weighted by Crippen LogP contribution is 2.27. The van der Waals surface area contributed by atoms with Crippen LogP contribution < -0.4 is 0 Å². The first kappa shape index (κ1) is 19.2. The molecule has 9 heteroatoms. The Hall–Kier alpha value is -0.830. The molecular formula is C11H19F3O5S. The van der Waals surface area contributed by atoms with E-state index in [1.807, 2.05) is 0 Å². The first-order valence-electron chi connectivity index (χ1n) is 6.02. The number of esters is 1. The molecule has 20 heavy (non-hydrogen) atoms. The van der Waals surface area contributed by atoms with E-state index in [1.165, 1.54) is 20.8 Å². The first-order chi connectivity index (χ1) is 8.80. The van der Waals surface area contributed by atoms with E-state index in [2.05, 4.69) is 4.18 Å². The van der Waals surface area contributed by atoms with Crippen molar-refractivity contribution in [1.82, 2.24) is 0 Å². The molecular weight excluding hydrogens is 301 g/mol. The van der Waals surface area contributed by atoms with Crippen molar-refractivity contribution >= 4 is 16.1 Å². The van der Waals surface area contributed by atoms with Gasteiger partial charge in [0.05, 0.1) is 0 Å². The van der Waals surface area contributed by atoms with E-state index in [9.17, 15) is 26.4 Å². The lowest BCUT2D eigenvalue weighted by molar-refractivity contribution is -0.164. The van der Waals surface area contributed by atoms with Crippen LogP contribution in [0.4, 0.5) is 13.2 Å². The van der Waals surface area contributed by atoms with Crippen molar-refractivity contribution < 1.29 is 35.3 Å². The van der Waals surface area contributed by atoms with Crippen LogP contribution in [0.2, 0.25) is 0 Å². The Morgan fingerprint density at radius 1 is 1.20 bits per heavy atom. The number of carbonyl (C=O) groups excluding carboxylic acids is 1. The fourth-order valence-corrected chi connectivity index (χ4v) is 1.76. The summed E-state index contributed by atoms with van der Waals surface area (Å²) in [6, 6.07) is 0. The molecule has 0 heterocycles. The van der Waals surface area contributed by atoms with Gasteiger partial charge in [0.1, 0.15) is 5.60 Å². The Morgan fingerprint density at radius 2 is 1.70 bits per heavy atom. The smallest absolute Gasteiger partial charge is 0.458 e. The maximum Gasteiger partial charge on any atom is 0.523 e. The van der Waals surface area contributed by atoms with Gasteiger partial charge < -0.3 is 4.74 Å². The van der Waals surface area contributed by atoms with Crippen LogP contribution in [-0.2, 0) is 23.8 Å². The number of carbonyl (C=O) groups is 1. The van der Waals surface area contributed by atoms with E-state index in [-0.39, 0.29) is 6.42 Å². The number of rotatable bonds is 6. The minimum absolute atomic E-state index is 0.166. The van der Waals surface area contributed by atoms with Crippen LogP contribution in [0, 0.1) is 0 Å². The maximum atomic E-state index is 12.3. The molecule has 1 atom stereocenters. The Bertz CT molecular complexity index is 422. The molecule has 0 amide bonds. The minimum atomic E-state index is -5.83. The quantitative estimate of drug-likeness (QED) is 0.427. The number of ether oxygens (including phenoxy) is 1. The molecule has 0 aromatic carbocycles. The molecule has 0 aromatic rings. The summed E-state index contributed by atoms with van der Waals surface area (Å²) in [6.45, 7) is 6.28. The molecule has 0 N–H and O–H groups in total. The highest BCUT2D eigenvalue weighted by atomic mass is 32.2. The van der Waals surface area contributed by atoms with E-state index in [0.717, 1.165) is 0 Å². The standard InChI is InChI=1S/C11H19F3O5S/c1-5-6-7-8(9(15)18-10(2,3)4)19-20(16,17)11(12,13)14/h8H,5-7H2,1-4H3/t8-/m0/s1. The number of hydrogen-bond donors (Lipinski definition) is 0. The van der Waals surface area contributed by atoms with Gasteiger partial charge in [-0.2, -0.15) is 21.6 Å². The lowest BCUT2D eigenvalue weighted by atomic mass is 10.1. The van der Waals surface area contributed by atoms with E-state index in [0.29, 0.717) is 12.8 Å². The average Bonchev–Trinajstić information content (AvgIpc) is 2.19. The van der Waals surface area contributed by atoms with Crippen LogP contribution in [0.1, 0.15) is 47.0 Å². The van der Waals surface area contributed by atoms with Crippen molar-refractivity contribution in [2.45, 2.75) is 64.2 Å². The molecule has 0 fully saturated rings. The van der Waals surface area contributed by atoms with Crippen LogP contribution in [-0.4, -0.2) is 31.6 Å². The molecule has 0 bridgehead atoms. The van der Waals surface area contributed by atoms with Crippen LogP contribution in [0.15, 0.2) is 0 Å². The molecule has 120 valence electrons. The number of unbranched alkanes of at least 4 members (excludes halogenated alkanes) is 1. The Balaban J connectivity index is 5.04. The molecule has 0 unspecified atom stereocenters. The summed E-state index contributed by atoms with van der Waals surface area (Å²) in [4.78, 5) is 11.7. The molecule has 0 aromatic heterocycles. The molecule has 5 nitrogen and oxygen atoms in total. The van der Waals surface area contributed by atoms with Gasteiger partial charge in [0, 0.05) is 0 Å². The van der Waals surface area contributed by atoms with Crippen molar-refractivity contribution in [1.29, 1.82) is 0 Å². The lowest BCUT2D eigenvalue weighted by Gasteiger charge is -2.24. The van der Waals surface area contributed by atoms with Gasteiger partial charge in [-0.1, -0.05) is 19.8 Å². The Labute approximate surface area is 116 Å². The molecule has 0 saturated heterocycles. The highest BCUT2D eigenvalue weighted by Gasteiger charge is 2.49.